The van der Waals surface area contributed by atoms with E-state index < -0.39 is 0 Å². The average molecular weight is 276 g/mol. The molecule has 0 amide bonds. The number of H-pyrrole nitrogens is 1. The zero-order valence-electron chi connectivity index (χ0n) is 12.1. The van der Waals surface area contributed by atoms with E-state index in [1.807, 2.05) is 0 Å². The molecule has 1 aromatic heterocycles. The van der Waals surface area contributed by atoms with Gasteiger partial charge in [-0.05, 0) is 36.5 Å². The summed E-state index contributed by atoms with van der Waals surface area (Å²) in [5.41, 5.74) is 5.54. The molecule has 1 aliphatic rings. The SMILES string of the molecule is c1ccc(CN[C@@H]2CCCc3c2[nH]c2ccccc32)cc1. The van der Waals surface area contributed by atoms with Gasteiger partial charge in [0.05, 0.1) is 0 Å². The van der Waals surface area contributed by atoms with Crippen LogP contribution < -0.4 is 5.32 Å². The maximum atomic E-state index is 3.72. The van der Waals surface area contributed by atoms with Crippen LogP contribution in [-0.2, 0) is 13.0 Å². The molecule has 3 aromatic rings. The van der Waals surface area contributed by atoms with Crippen molar-refractivity contribution in [2.45, 2.75) is 31.8 Å². The molecule has 1 aliphatic carbocycles. The molecule has 0 saturated heterocycles. The molecule has 4 rings (SSSR count). The molecule has 1 heterocycles. The highest BCUT2D eigenvalue weighted by Crippen LogP contribution is 2.34. The first-order chi connectivity index (χ1) is 10.4. The van der Waals surface area contributed by atoms with Gasteiger partial charge in [0.15, 0.2) is 0 Å². The van der Waals surface area contributed by atoms with Crippen molar-refractivity contribution < 1.29 is 0 Å². The number of aromatic nitrogens is 1. The van der Waals surface area contributed by atoms with Gasteiger partial charge in [0.2, 0.25) is 0 Å². The molecule has 2 N–H and O–H groups in total. The number of aryl methyl sites for hydroxylation is 1. The van der Waals surface area contributed by atoms with Crippen molar-refractivity contribution in [2.75, 3.05) is 0 Å². The first-order valence-electron chi connectivity index (χ1n) is 7.78. The van der Waals surface area contributed by atoms with Crippen LogP contribution in [0.3, 0.4) is 0 Å². The standard InChI is InChI=1S/C19H20N2/c1-2-7-14(8-3-1)13-20-18-12-6-10-16-15-9-4-5-11-17(15)21-19(16)18/h1-5,7-9,11,18,20-21H,6,10,12-13H2/t18-/m1/s1. The summed E-state index contributed by atoms with van der Waals surface area (Å²) in [5, 5.41) is 5.13. The van der Waals surface area contributed by atoms with Gasteiger partial charge >= 0.3 is 0 Å². The van der Waals surface area contributed by atoms with Crippen LogP contribution >= 0.6 is 0 Å². The zero-order valence-corrected chi connectivity index (χ0v) is 12.1. The number of nitrogens with one attached hydrogen (secondary N) is 2. The van der Waals surface area contributed by atoms with Gasteiger partial charge in [0, 0.05) is 29.2 Å². The Morgan fingerprint density at radius 1 is 1.00 bits per heavy atom. The molecule has 2 aromatic carbocycles. The molecule has 0 spiro atoms. The van der Waals surface area contributed by atoms with Crippen molar-refractivity contribution in [3.05, 3.63) is 71.4 Å². The summed E-state index contributed by atoms with van der Waals surface area (Å²) in [7, 11) is 0. The van der Waals surface area contributed by atoms with Gasteiger partial charge < -0.3 is 10.3 Å². The average Bonchev–Trinajstić information content (AvgIpc) is 2.93. The molecule has 0 fully saturated rings. The minimum Gasteiger partial charge on any atom is -0.357 e. The van der Waals surface area contributed by atoms with Crippen LogP contribution in [-0.4, -0.2) is 4.98 Å². The van der Waals surface area contributed by atoms with E-state index in [1.165, 1.54) is 47.0 Å². The molecule has 2 heteroatoms. The second kappa shape index (κ2) is 5.38. The number of para-hydroxylation sites is 1. The van der Waals surface area contributed by atoms with Gasteiger partial charge in [-0.2, -0.15) is 0 Å². The molecule has 2 nitrogen and oxygen atoms in total. The summed E-state index contributed by atoms with van der Waals surface area (Å²) in [6, 6.07) is 19.8. The minimum absolute atomic E-state index is 0.446. The van der Waals surface area contributed by atoms with Crippen molar-refractivity contribution in [2.24, 2.45) is 0 Å². The largest absolute Gasteiger partial charge is 0.357 e. The van der Waals surface area contributed by atoms with Gasteiger partial charge in [0.25, 0.3) is 0 Å². The fraction of sp³-hybridized carbons (Fsp3) is 0.263. The Kier molecular flexibility index (Phi) is 3.24. The van der Waals surface area contributed by atoms with Crippen molar-refractivity contribution in [3.63, 3.8) is 0 Å². The molecule has 0 radical (unpaired) electrons. The molecule has 21 heavy (non-hydrogen) atoms. The van der Waals surface area contributed by atoms with Crippen molar-refractivity contribution in [3.8, 4) is 0 Å². The summed E-state index contributed by atoms with van der Waals surface area (Å²) >= 11 is 0. The second-order valence-corrected chi connectivity index (χ2v) is 5.87. The zero-order chi connectivity index (χ0) is 14.1. The molecule has 1 atom stereocenters. The van der Waals surface area contributed by atoms with Crippen LogP contribution in [0.2, 0.25) is 0 Å². The van der Waals surface area contributed by atoms with Crippen molar-refractivity contribution in [1.29, 1.82) is 0 Å². The minimum atomic E-state index is 0.446. The van der Waals surface area contributed by atoms with Crippen LogP contribution in [0.5, 0.6) is 0 Å². The highest BCUT2D eigenvalue weighted by Gasteiger charge is 2.23. The van der Waals surface area contributed by atoms with Gasteiger partial charge in [0.1, 0.15) is 0 Å². The Bertz CT molecular complexity index is 743. The fourth-order valence-corrected chi connectivity index (χ4v) is 3.46. The lowest BCUT2D eigenvalue weighted by atomic mass is 9.91. The molecule has 0 unspecified atom stereocenters. The van der Waals surface area contributed by atoms with E-state index in [0.717, 1.165) is 6.54 Å². The maximum Gasteiger partial charge on any atom is 0.0478 e. The third kappa shape index (κ3) is 2.36. The van der Waals surface area contributed by atoms with E-state index in [0.29, 0.717) is 6.04 Å². The Hall–Kier alpha value is -2.06. The monoisotopic (exact) mass is 276 g/mol. The van der Waals surface area contributed by atoms with Crippen LogP contribution in [0, 0.1) is 0 Å². The maximum absolute atomic E-state index is 3.72. The molecular weight excluding hydrogens is 256 g/mol. The predicted molar refractivity (Wildman–Crippen MR) is 87.3 cm³/mol. The normalized spacial score (nSPS) is 17.8. The lowest BCUT2D eigenvalue weighted by molar-refractivity contribution is 0.452. The lowest BCUT2D eigenvalue weighted by Gasteiger charge is -2.24. The Labute approximate surface area is 125 Å². The molecular formula is C19H20N2. The summed E-state index contributed by atoms with van der Waals surface area (Å²) in [6.45, 7) is 0.931. The number of rotatable bonds is 3. The van der Waals surface area contributed by atoms with Crippen molar-refractivity contribution >= 4 is 10.9 Å². The number of hydrogen-bond acceptors (Lipinski definition) is 1. The summed E-state index contributed by atoms with van der Waals surface area (Å²) in [6.07, 6.45) is 3.68. The van der Waals surface area contributed by atoms with Gasteiger partial charge in [-0.25, -0.2) is 0 Å². The summed E-state index contributed by atoms with van der Waals surface area (Å²) in [5.74, 6) is 0. The van der Waals surface area contributed by atoms with Gasteiger partial charge in [-0.1, -0.05) is 48.5 Å². The number of benzene rings is 2. The van der Waals surface area contributed by atoms with E-state index in [9.17, 15) is 0 Å². The Balaban J connectivity index is 1.61. The molecule has 0 bridgehead atoms. The lowest BCUT2D eigenvalue weighted by Crippen LogP contribution is -2.24. The van der Waals surface area contributed by atoms with Crippen LogP contribution in [0.25, 0.3) is 10.9 Å². The van der Waals surface area contributed by atoms with Crippen molar-refractivity contribution in [1.82, 2.24) is 10.3 Å². The number of hydrogen-bond donors (Lipinski definition) is 2. The van der Waals surface area contributed by atoms with Crippen LogP contribution in [0.1, 0.15) is 35.7 Å². The van der Waals surface area contributed by atoms with Crippen LogP contribution in [0.4, 0.5) is 0 Å². The van der Waals surface area contributed by atoms with E-state index in [2.05, 4.69) is 64.9 Å². The highest BCUT2D eigenvalue weighted by atomic mass is 14.9. The number of fused-ring (bicyclic) bond motifs is 3. The topological polar surface area (TPSA) is 27.8 Å². The van der Waals surface area contributed by atoms with E-state index >= 15 is 0 Å². The predicted octanol–water partition coefficient (Wildman–Crippen LogP) is 4.34. The Morgan fingerprint density at radius 2 is 1.81 bits per heavy atom. The van der Waals surface area contributed by atoms with E-state index in [-0.39, 0.29) is 0 Å². The second-order valence-electron chi connectivity index (χ2n) is 5.87. The van der Waals surface area contributed by atoms with Gasteiger partial charge in [-0.15, -0.1) is 0 Å². The third-order valence-electron chi connectivity index (χ3n) is 4.51. The first kappa shape index (κ1) is 12.7. The molecule has 106 valence electrons. The summed E-state index contributed by atoms with van der Waals surface area (Å²) in [4.78, 5) is 3.64. The molecule has 0 saturated carbocycles. The number of aromatic amines is 1. The smallest absolute Gasteiger partial charge is 0.0478 e. The van der Waals surface area contributed by atoms with Gasteiger partial charge in [-0.3, -0.25) is 0 Å². The third-order valence-corrected chi connectivity index (χ3v) is 4.51. The van der Waals surface area contributed by atoms with Crippen LogP contribution in [0.15, 0.2) is 54.6 Å². The summed E-state index contributed by atoms with van der Waals surface area (Å²) < 4.78 is 0. The molecule has 0 aliphatic heterocycles. The quantitative estimate of drug-likeness (QED) is 0.732. The first-order valence-corrected chi connectivity index (χ1v) is 7.78. The Morgan fingerprint density at radius 3 is 2.71 bits per heavy atom. The fourth-order valence-electron chi connectivity index (χ4n) is 3.46. The van der Waals surface area contributed by atoms with E-state index in [1.54, 1.807) is 0 Å². The highest BCUT2D eigenvalue weighted by molar-refractivity contribution is 5.85. The van der Waals surface area contributed by atoms with E-state index in [4.69, 9.17) is 0 Å².